The van der Waals surface area contributed by atoms with Gasteiger partial charge in [0.05, 0.1) is 11.8 Å². The van der Waals surface area contributed by atoms with E-state index in [-0.39, 0.29) is 23.7 Å². The molecule has 0 radical (unpaired) electrons. The van der Waals surface area contributed by atoms with Crippen molar-refractivity contribution < 1.29 is 14.4 Å². The van der Waals surface area contributed by atoms with Gasteiger partial charge in [-0.05, 0) is 46.5 Å². The van der Waals surface area contributed by atoms with Crippen molar-refractivity contribution in [1.29, 1.82) is 0 Å². The van der Waals surface area contributed by atoms with Crippen molar-refractivity contribution in [2.24, 2.45) is 11.8 Å². The molecule has 5 nitrogen and oxygen atoms in total. The zero-order valence-corrected chi connectivity index (χ0v) is 17.0. The Morgan fingerprint density at radius 2 is 1.13 bits per heavy atom. The van der Waals surface area contributed by atoms with E-state index in [9.17, 15) is 14.4 Å². The van der Waals surface area contributed by atoms with E-state index in [0.29, 0.717) is 10.6 Å². The average Bonchev–Trinajstić information content (AvgIpc) is 3.05. The van der Waals surface area contributed by atoms with Crippen LogP contribution in [-0.4, -0.2) is 22.7 Å². The van der Waals surface area contributed by atoms with E-state index in [4.69, 9.17) is 11.6 Å². The van der Waals surface area contributed by atoms with Gasteiger partial charge in [0.25, 0.3) is 17.7 Å². The van der Waals surface area contributed by atoms with Crippen molar-refractivity contribution >= 4 is 29.3 Å². The first-order chi connectivity index (χ1) is 15.1. The van der Waals surface area contributed by atoms with Gasteiger partial charge in [-0.3, -0.25) is 19.8 Å². The zero-order chi connectivity index (χ0) is 21.3. The van der Waals surface area contributed by atoms with Crippen LogP contribution in [0.25, 0.3) is 0 Å². The van der Waals surface area contributed by atoms with Crippen LogP contribution in [0.5, 0.6) is 0 Å². The Bertz CT molecular complexity index is 1150. The van der Waals surface area contributed by atoms with Gasteiger partial charge in [-0.15, -0.1) is 0 Å². The Morgan fingerprint density at radius 3 is 1.55 bits per heavy atom. The smallest absolute Gasteiger partial charge is 0.270 e. The number of rotatable bonds is 2. The summed E-state index contributed by atoms with van der Waals surface area (Å²) in [4.78, 5) is 39.6. The molecule has 2 bridgehead atoms. The molecule has 1 saturated heterocycles. The van der Waals surface area contributed by atoms with E-state index in [0.717, 1.165) is 27.3 Å². The maximum Gasteiger partial charge on any atom is 0.270 e. The molecule has 4 aliphatic rings. The number of nitrogens with zero attached hydrogens (tertiary/aromatic N) is 1. The summed E-state index contributed by atoms with van der Waals surface area (Å²) >= 11 is 5.89. The lowest BCUT2D eigenvalue weighted by atomic mass is 9.55. The van der Waals surface area contributed by atoms with E-state index in [2.05, 4.69) is 5.43 Å². The Labute approximate surface area is 183 Å². The summed E-state index contributed by atoms with van der Waals surface area (Å²) in [6, 6.07) is 22.4. The normalized spacial score (nSPS) is 25.1. The molecule has 1 fully saturated rings. The van der Waals surface area contributed by atoms with Gasteiger partial charge in [0, 0.05) is 22.4 Å². The van der Waals surface area contributed by atoms with Gasteiger partial charge in [0.15, 0.2) is 0 Å². The lowest BCUT2D eigenvalue weighted by Crippen LogP contribution is -2.46. The Balaban J connectivity index is 1.41. The number of carbonyl (C=O) groups is 3. The van der Waals surface area contributed by atoms with E-state index in [1.165, 1.54) is 0 Å². The highest BCUT2D eigenvalue weighted by molar-refractivity contribution is 6.30. The van der Waals surface area contributed by atoms with Crippen LogP contribution < -0.4 is 5.43 Å². The van der Waals surface area contributed by atoms with Crippen molar-refractivity contribution in [3.63, 3.8) is 0 Å². The first kappa shape index (κ1) is 18.3. The zero-order valence-electron chi connectivity index (χ0n) is 16.3. The van der Waals surface area contributed by atoms with Crippen molar-refractivity contribution in [2.75, 3.05) is 0 Å². The second-order valence-electron chi connectivity index (χ2n) is 8.22. The topological polar surface area (TPSA) is 66.5 Å². The molecule has 2 atom stereocenters. The highest BCUT2D eigenvalue weighted by atomic mass is 35.5. The average molecular weight is 429 g/mol. The molecule has 0 saturated carbocycles. The van der Waals surface area contributed by atoms with Crippen molar-refractivity contribution in [3.8, 4) is 0 Å². The summed E-state index contributed by atoms with van der Waals surface area (Å²) < 4.78 is 0. The number of nitrogens with one attached hydrogen (secondary N) is 1. The third kappa shape index (κ3) is 2.47. The van der Waals surface area contributed by atoms with Crippen LogP contribution >= 0.6 is 11.6 Å². The van der Waals surface area contributed by atoms with Gasteiger partial charge in [-0.25, -0.2) is 0 Å². The molecule has 31 heavy (non-hydrogen) atoms. The van der Waals surface area contributed by atoms with Gasteiger partial charge < -0.3 is 0 Å². The molecular formula is C25H17ClN2O3. The van der Waals surface area contributed by atoms with Crippen LogP contribution in [0.2, 0.25) is 5.02 Å². The molecule has 1 heterocycles. The second kappa shape index (κ2) is 6.53. The summed E-state index contributed by atoms with van der Waals surface area (Å²) in [5.41, 5.74) is 7.26. The molecule has 152 valence electrons. The molecule has 3 aromatic rings. The molecule has 7 rings (SSSR count). The predicted molar refractivity (Wildman–Crippen MR) is 114 cm³/mol. The third-order valence-electron chi connectivity index (χ3n) is 6.77. The highest BCUT2D eigenvalue weighted by Gasteiger charge is 2.62. The molecule has 0 aromatic heterocycles. The number of benzene rings is 3. The fourth-order valence-electron chi connectivity index (χ4n) is 5.55. The van der Waals surface area contributed by atoms with E-state index >= 15 is 0 Å². The maximum atomic E-state index is 13.4. The fraction of sp³-hybridized carbons (Fsp3) is 0.160. The van der Waals surface area contributed by atoms with Crippen molar-refractivity contribution in [2.45, 2.75) is 11.8 Å². The molecule has 3 aromatic carbocycles. The lowest BCUT2D eigenvalue weighted by Gasteiger charge is -2.45. The van der Waals surface area contributed by atoms with Crippen LogP contribution in [0.3, 0.4) is 0 Å². The van der Waals surface area contributed by atoms with Crippen molar-refractivity contribution in [1.82, 2.24) is 10.4 Å². The molecule has 3 aliphatic carbocycles. The maximum absolute atomic E-state index is 13.4. The minimum atomic E-state index is -0.521. The Kier molecular flexibility index (Phi) is 3.86. The van der Waals surface area contributed by atoms with Gasteiger partial charge >= 0.3 is 0 Å². The molecule has 6 heteroatoms. The third-order valence-corrected chi connectivity index (χ3v) is 7.02. The molecular weight excluding hydrogens is 412 g/mol. The van der Waals surface area contributed by atoms with Gasteiger partial charge in [-0.1, -0.05) is 60.1 Å². The molecule has 0 unspecified atom stereocenters. The number of hydrogen-bond donors (Lipinski definition) is 1. The van der Waals surface area contributed by atoms with E-state index in [1.54, 1.807) is 24.3 Å². The molecule has 0 spiro atoms. The second-order valence-corrected chi connectivity index (χ2v) is 8.66. The van der Waals surface area contributed by atoms with Crippen LogP contribution in [0.4, 0.5) is 0 Å². The number of imide groups is 1. The van der Waals surface area contributed by atoms with Crippen molar-refractivity contribution in [3.05, 3.63) is 106 Å². The highest BCUT2D eigenvalue weighted by Crippen LogP contribution is 2.60. The van der Waals surface area contributed by atoms with Gasteiger partial charge in [0.2, 0.25) is 0 Å². The summed E-state index contributed by atoms with van der Waals surface area (Å²) in [7, 11) is 0. The molecule has 1 N–H and O–H groups in total. The minimum Gasteiger partial charge on any atom is -0.272 e. The minimum absolute atomic E-state index is 0.198. The summed E-state index contributed by atoms with van der Waals surface area (Å²) in [5, 5.41) is 1.44. The molecule has 3 amide bonds. The summed E-state index contributed by atoms with van der Waals surface area (Å²) in [5.74, 6) is -2.65. The largest absolute Gasteiger partial charge is 0.272 e. The first-order valence-electron chi connectivity index (χ1n) is 10.2. The predicted octanol–water partition coefficient (Wildman–Crippen LogP) is 3.88. The fourth-order valence-corrected chi connectivity index (χ4v) is 5.68. The van der Waals surface area contributed by atoms with Gasteiger partial charge in [-0.2, -0.15) is 5.01 Å². The number of halogens is 1. The number of carbonyl (C=O) groups excluding carboxylic acids is 3. The van der Waals surface area contributed by atoms with E-state index < -0.39 is 17.7 Å². The van der Waals surface area contributed by atoms with Crippen LogP contribution in [0.15, 0.2) is 72.8 Å². The van der Waals surface area contributed by atoms with Gasteiger partial charge in [0.1, 0.15) is 0 Å². The first-order valence-corrected chi connectivity index (χ1v) is 10.6. The monoisotopic (exact) mass is 428 g/mol. The number of amides is 3. The Hall–Kier alpha value is -3.44. The van der Waals surface area contributed by atoms with E-state index in [1.807, 2.05) is 48.5 Å². The molecule has 1 aliphatic heterocycles. The number of hydrazine groups is 1. The lowest BCUT2D eigenvalue weighted by molar-refractivity contribution is -0.142. The number of hydrogen-bond acceptors (Lipinski definition) is 3. The van der Waals surface area contributed by atoms with Crippen LogP contribution in [0, 0.1) is 11.8 Å². The van der Waals surface area contributed by atoms with Crippen LogP contribution in [0.1, 0.15) is 44.4 Å². The Morgan fingerprint density at radius 1 is 0.710 bits per heavy atom. The quantitative estimate of drug-likeness (QED) is 0.630. The van der Waals surface area contributed by atoms with Crippen LogP contribution in [-0.2, 0) is 9.59 Å². The summed E-state index contributed by atoms with van der Waals surface area (Å²) in [6.07, 6.45) is 0. The SMILES string of the molecule is O=C(NN1C(=O)[C@H]2C3c4ccccc4C(c4ccccc43)[C@@H]2C1=O)c1ccc(Cl)cc1. The standard InChI is InChI=1S/C25H17ClN2O3/c26-14-11-9-13(10-12-14)23(29)27-28-24(30)21-19-15-5-1-2-6-16(15)20(22(21)25(28)31)18-8-4-3-7-17(18)19/h1-12,19-22H,(H,27,29)/t19?,20?,21-,22-/m0/s1. The summed E-state index contributed by atoms with van der Waals surface area (Å²) in [6.45, 7) is 0.